The Labute approximate surface area is 173 Å². The summed E-state index contributed by atoms with van der Waals surface area (Å²) in [5.74, 6) is 1.20. The van der Waals surface area contributed by atoms with Crippen molar-refractivity contribution < 1.29 is 18.2 Å². The predicted octanol–water partition coefficient (Wildman–Crippen LogP) is 4.19. The van der Waals surface area contributed by atoms with Gasteiger partial charge in [0.1, 0.15) is 11.9 Å². The van der Waals surface area contributed by atoms with Crippen LogP contribution in [0.3, 0.4) is 0 Å². The van der Waals surface area contributed by atoms with Gasteiger partial charge >= 0.3 is 5.03 Å². The molecule has 4 rings (SSSR count). The van der Waals surface area contributed by atoms with Crippen LogP contribution in [0.4, 0.5) is 0 Å². The van der Waals surface area contributed by atoms with Gasteiger partial charge in [-0.2, -0.15) is 4.55 Å². The molecule has 1 aromatic heterocycles. The van der Waals surface area contributed by atoms with Gasteiger partial charge in [0.05, 0.1) is 0 Å². The molecule has 1 saturated heterocycles. The van der Waals surface area contributed by atoms with Crippen molar-refractivity contribution >= 4 is 10.2 Å². The third-order valence-electron chi connectivity index (χ3n) is 5.92. The van der Waals surface area contributed by atoms with E-state index < -0.39 is 21.6 Å². The van der Waals surface area contributed by atoms with Crippen molar-refractivity contribution in [2.45, 2.75) is 62.1 Å². The second-order valence-electron chi connectivity index (χ2n) is 8.13. The molecule has 0 amide bonds. The third-order valence-corrected chi connectivity index (χ3v) is 8.03. The van der Waals surface area contributed by atoms with Crippen LogP contribution >= 0.6 is 0 Å². The van der Waals surface area contributed by atoms with E-state index in [4.69, 9.17) is 9.47 Å². The maximum Gasteiger partial charge on any atom is 0.324 e. The normalized spacial score (nSPS) is 28.0. The molecular weight excluding hydrogens is 388 g/mol. The van der Waals surface area contributed by atoms with Crippen LogP contribution in [0.2, 0.25) is 0 Å². The maximum absolute atomic E-state index is 12.9. The first kappa shape index (κ1) is 20.3. The Morgan fingerprint density at radius 1 is 1.21 bits per heavy atom. The van der Waals surface area contributed by atoms with Crippen molar-refractivity contribution in [3.8, 4) is 11.5 Å². The topological polar surface area (TPSA) is 71.9 Å². The van der Waals surface area contributed by atoms with Crippen LogP contribution in [-0.4, -0.2) is 44.9 Å². The molecular formula is C22H29N2O4S+. The minimum atomic E-state index is -3.29. The van der Waals surface area contributed by atoms with E-state index in [1.54, 1.807) is 19.1 Å². The summed E-state index contributed by atoms with van der Waals surface area (Å²) in [5.41, 5.74) is 0.857. The molecule has 2 aliphatic rings. The quantitative estimate of drug-likeness (QED) is 0.752. The van der Waals surface area contributed by atoms with Crippen LogP contribution < -0.4 is 9.47 Å². The van der Waals surface area contributed by atoms with E-state index in [1.165, 1.54) is 6.20 Å². The van der Waals surface area contributed by atoms with Crippen LogP contribution in [0.25, 0.3) is 0 Å². The van der Waals surface area contributed by atoms with Crippen molar-refractivity contribution in [2.75, 3.05) is 13.1 Å². The Morgan fingerprint density at radius 2 is 1.90 bits per heavy atom. The second kappa shape index (κ2) is 8.05. The Morgan fingerprint density at radius 3 is 2.55 bits per heavy atom. The highest BCUT2D eigenvalue weighted by Crippen LogP contribution is 2.42. The molecule has 0 spiro atoms. The lowest BCUT2D eigenvalue weighted by Crippen LogP contribution is -2.41. The SMILES string of the molecule is CC(C)N1CCC(Oc2ccc(C3Oc4cccnc4[S+](=O)(O)[C@H]3C)cc2)CC1. The molecule has 3 atom stereocenters. The fourth-order valence-corrected chi connectivity index (χ4v) is 5.56. The molecule has 29 heavy (non-hydrogen) atoms. The Kier molecular flexibility index (Phi) is 5.64. The summed E-state index contributed by atoms with van der Waals surface area (Å²) < 4.78 is 35.8. The first-order chi connectivity index (χ1) is 13.9. The fourth-order valence-electron chi connectivity index (χ4n) is 4.04. The summed E-state index contributed by atoms with van der Waals surface area (Å²) in [6.45, 7) is 8.32. The number of likely N-dealkylation sites (tertiary alicyclic amines) is 1. The molecule has 2 aliphatic heterocycles. The molecule has 1 fully saturated rings. The zero-order chi connectivity index (χ0) is 20.6. The number of nitrogens with zero attached hydrogens (tertiary/aromatic N) is 2. The fraction of sp³-hybridized carbons (Fsp3) is 0.500. The molecule has 2 aromatic rings. The lowest BCUT2D eigenvalue weighted by atomic mass is 10.1. The van der Waals surface area contributed by atoms with E-state index in [9.17, 15) is 8.76 Å². The predicted molar refractivity (Wildman–Crippen MR) is 113 cm³/mol. The number of rotatable bonds is 4. The summed E-state index contributed by atoms with van der Waals surface area (Å²) in [5, 5.41) is -0.464. The molecule has 6 nitrogen and oxygen atoms in total. The first-order valence-corrected chi connectivity index (χ1v) is 11.8. The Balaban J connectivity index is 1.45. The smallest absolute Gasteiger partial charge is 0.324 e. The van der Waals surface area contributed by atoms with E-state index in [-0.39, 0.29) is 11.1 Å². The molecule has 0 bridgehead atoms. The van der Waals surface area contributed by atoms with Crippen molar-refractivity contribution in [3.05, 3.63) is 48.2 Å². The van der Waals surface area contributed by atoms with Crippen molar-refractivity contribution in [1.29, 1.82) is 0 Å². The van der Waals surface area contributed by atoms with Crippen molar-refractivity contribution in [1.82, 2.24) is 9.88 Å². The minimum Gasteiger partial charge on any atom is -0.490 e. The van der Waals surface area contributed by atoms with Crippen LogP contribution in [-0.2, 0) is 14.4 Å². The van der Waals surface area contributed by atoms with E-state index in [2.05, 4.69) is 23.7 Å². The number of aromatic nitrogens is 1. The molecule has 2 unspecified atom stereocenters. The van der Waals surface area contributed by atoms with Crippen LogP contribution in [0.15, 0.2) is 47.6 Å². The summed E-state index contributed by atoms with van der Waals surface area (Å²) in [6.07, 6.45) is 3.29. The van der Waals surface area contributed by atoms with E-state index in [0.29, 0.717) is 11.8 Å². The lowest BCUT2D eigenvalue weighted by Gasteiger charge is -2.34. The molecule has 0 saturated carbocycles. The highest BCUT2D eigenvalue weighted by atomic mass is 32.3. The molecule has 156 valence electrons. The molecule has 3 heterocycles. The lowest BCUT2D eigenvalue weighted by molar-refractivity contribution is 0.0842. The maximum atomic E-state index is 12.9. The van der Waals surface area contributed by atoms with Gasteiger partial charge in [-0.1, -0.05) is 16.3 Å². The van der Waals surface area contributed by atoms with Crippen LogP contribution in [0, 0.1) is 0 Å². The summed E-state index contributed by atoms with van der Waals surface area (Å²) in [6, 6.07) is 11.7. The van der Waals surface area contributed by atoms with Gasteiger partial charge in [-0.15, -0.1) is 0 Å². The number of benzene rings is 1. The highest BCUT2D eigenvalue weighted by Gasteiger charge is 2.51. The molecule has 0 radical (unpaired) electrons. The Bertz CT molecular complexity index is 894. The van der Waals surface area contributed by atoms with Gasteiger partial charge in [-0.25, -0.2) is 4.98 Å². The average molecular weight is 418 g/mol. The molecule has 7 heteroatoms. The van der Waals surface area contributed by atoms with Crippen molar-refractivity contribution in [3.63, 3.8) is 0 Å². The van der Waals surface area contributed by atoms with E-state index >= 15 is 0 Å². The number of pyridine rings is 1. The number of ether oxygens (including phenoxy) is 2. The van der Waals surface area contributed by atoms with Crippen LogP contribution in [0.1, 0.15) is 45.3 Å². The minimum absolute atomic E-state index is 0.136. The molecule has 1 aromatic carbocycles. The third kappa shape index (κ3) is 4.04. The summed E-state index contributed by atoms with van der Waals surface area (Å²) in [7, 11) is -3.29. The summed E-state index contributed by atoms with van der Waals surface area (Å²) >= 11 is 0. The molecule has 0 aliphatic carbocycles. The average Bonchev–Trinajstić information content (AvgIpc) is 2.72. The Hall–Kier alpha value is -1.96. The van der Waals surface area contributed by atoms with Crippen molar-refractivity contribution in [2.24, 2.45) is 0 Å². The number of hydrogen-bond acceptors (Lipinski definition) is 5. The number of hydrogen-bond donors (Lipinski definition) is 1. The van der Waals surface area contributed by atoms with Crippen LogP contribution in [0.5, 0.6) is 11.5 Å². The highest BCUT2D eigenvalue weighted by molar-refractivity contribution is 7.98. The molecule has 1 N–H and O–H groups in total. The van der Waals surface area contributed by atoms with E-state index in [1.807, 2.05) is 24.3 Å². The largest absolute Gasteiger partial charge is 0.490 e. The standard InChI is InChI=1S/C22H28N2O4S/c1-15(2)24-13-10-19(11-14-24)27-18-8-6-17(7-9-18)21-16(3)29(25,26)22-20(28-21)5-4-12-23-22/h4-9,12,15-16,19,21H,10-11,13-14H2,1-3H3/p+1/t16-,21?/m0/s1. The van der Waals surface area contributed by atoms with Gasteiger partial charge < -0.3 is 14.4 Å². The second-order valence-corrected chi connectivity index (χ2v) is 10.4. The van der Waals surface area contributed by atoms with Gasteiger partial charge in [0.25, 0.3) is 10.2 Å². The van der Waals surface area contributed by atoms with Gasteiger partial charge in [-0.05, 0) is 63.4 Å². The van der Waals surface area contributed by atoms with E-state index in [0.717, 1.165) is 37.2 Å². The zero-order valence-electron chi connectivity index (χ0n) is 17.2. The zero-order valence-corrected chi connectivity index (χ0v) is 18.0. The van der Waals surface area contributed by atoms with Gasteiger partial charge in [0.15, 0.2) is 17.1 Å². The monoisotopic (exact) mass is 417 g/mol. The van der Waals surface area contributed by atoms with Gasteiger partial charge in [-0.3, -0.25) is 0 Å². The number of fused-ring (bicyclic) bond motifs is 1. The first-order valence-electron chi connectivity index (χ1n) is 10.2. The summed E-state index contributed by atoms with van der Waals surface area (Å²) in [4.78, 5) is 6.55. The van der Waals surface area contributed by atoms with Gasteiger partial charge in [0, 0.05) is 25.3 Å². The number of piperidine rings is 1. The van der Waals surface area contributed by atoms with Gasteiger partial charge in [0.2, 0.25) is 0 Å².